The van der Waals surface area contributed by atoms with Crippen molar-refractivity contribution < 1.29 is 14.4 Å². The number of halogens is 2. The van der Waals surface area contributed by atoms with Crippen LogP contribution in [0.15, 0.2) is 12.1 Å². The second-order valence-corrected chi connectivity index (χ2v) is 7.37. The molecule has 3 rings (SSSR count). The maximum Gasteiger partial charge on any atom is 0.360 e. The minimum Gasteiger partial charge on any atom is -0.363 e. The van der Waals surface area contributed by atoms with Gasteiger partial charge in [0.05, 0.1) is 21.1 Å². The summed E-state index contributed by atoms with van der Waals surface area (Å²) in [6.45, 7) is 2.89. The van der Waals surface area contributed by atoms with Gasteiger partial charge in [-0.1, -0.05) is 42.6 Å². The molecule has 4 nitrogen and oxygen atoms in total. The van der Waals surface area contributed by atoms with Crippen LogP contribution in [0.2, 0.25) is 10.0 Å². The molecule has 0 radical (unpaired) electrons. The predicted octanol–water partition coefficient (Wildman–Crippen LogP) is 4.46. The lowest BCUT2D eigenvalue weighted by Crippen LogP contribution is -2.45. The Kier molecular flexibility index (Phi) is 5.19. The third-order valence-corrected chi connectivity index (χ3v) is 6.33. The van der Waals surface area contributed by atoms with Crippen LogP contribution in [0, 0.1) is 5.92 Å². The topological polar surface area (TPSA) is 46.6 Å². The van der Waals surface area contributed by atoms with Crippen LogP contribution in [0.5, 0.6) is 0 Å². The molecule has 0 N–H and O–H groups in total. The van der Waals surface area contributed by atoms with Gasteiger partial charge in [0.1, 0.15) is 6.29 Å². The first-order valence-electron chi connectivity index (χ1n) is 8.44. The standard InChI is InChI=1S/C18H21Cl2NO3/c1-2-18-9-3-4-13(18)7-10-21(18)24-17(23)15-14(19)6-5-12(8-11-22)16(15)20/h5-6,11,13H,2-4,7-10H2,1H3. The molecule has 2 fully saturated rings. The van der Waals surface area contributed by atoms with E-state index in [0.29, 0.717) is 11.5 Å². The van der Waals surface area contributed by atoms with Crippen LogP contribution in [0.3, 0.4) is 0 Å². The van der Waals surface area contributed by atoms with Crippen molar-refractivity contribution in [3.8, 4) is 0 Å². The molecule has 0 amide bonds. The third kappa shape index (κ3) is 2.85. The Bertz CT molecular complexity index is 664. The Morgan fingerprint density at radius 1 is 1.42 bits per heavy atom. The Morgan fingerprint density at radius 2 is 2.21 bits per heavy atom. The van der Waals surface area contributed by atoms with Gasteiger partial charge in [-0.3, -0.25) is 0 Å². The molecule has 2 aliphatic rings. The molecule has 2 atom stereocenters. The zero-order valence-electron chi connectivity index (χ0n) is 13.7. The van der Waals surface area contributed by atoms with Gasteiger partial charge >= 0.3 is 5.97 Å². The van der Waals surface area contributed by atoms with E-state index in [4.69, 9.17) is 28.0 Å². The highest BCUT2D eigenvalue weighted by molar-refractivity contribution is 6.39. The lowest BCUT2D eigenvalue weighted by molar-refractivity contribution is -0.162. The first-order valence-corrected chi connectivity index (χ1v) is 9.19. The van der Waals surface area contributed by atoms with Crippen molar-refractivity contribution in [3.63, 3.8) is 0 Å². The number of nitrogens with zero attached hydrogens (tertiary/aromatic N) is 1. The fourth-order valence-corrected chi connectivity index (χ4v) is 4.92. The van der Waals surface area contributed by atoms with Crippen molar-refractivity contribution in [3.05, 3.63) is 33.3 Å². The van der Waals surface area contributed by atoms with Gasteiger partial charge in [-0.15, -0.1) is 5.06 Å². The molecule has 1 aromatic carbocycles. The van der Waals surface area contributed by atoms with E-state index in [1.54, 1.807) is 12.1 Å². The van der Waals surface area contributed by atoms with Gasteiger partial charge in [0, 0.05) is 13.0 Å². The van der Waals surface area contributed by atoms with Crippen LogP contribution in [0.1, 0.15) is 54.9 Å². The van der Waals surface area contributed by atoms with Crippen molar-refractivity contribution in [1.82, 2.24) is 5.06 Å². The summed E-state index contributed by atoms with van der Waals surface area (Å²) in [5.74, 6) is 0.0424. The van der Waals surface area contributed by atoms with Crippen LogP contribution < -0.4 is 0 Å². The minimum atomic E-state index is -0.543. The van der Waals surface area contributed by atoms with Crippen LogP contribution in [-0.4, -0.2) is 29.4 Å². The Balaban J connectivity index is 1.85. The highest BCUT2D eigenvalue weighted by Crippen LogP contribution is 2.49. The molecular weight excluding hydrogens is 349 g/mol. The van der Waals surface area contributed by atoms with Gasteiger partial charge in [-0.2, -0.15) is 0 Å². The molecule has 0 aromatic heterocycles. The number of benzene rings is 1. The second kappa shape index (κ2) is 7.03. The summed E-state index contributed by atoms with van der Waals surface area (Å²) in [4.78, 5) is 29.2. The summed E-state index contributed by atoms with van der Waals surface area (Å²) in [7, 11) is 0. The van der Waals surface area contributed by atoms with E-state index in [1.165, 1.54) is 12.8 Å². The quantitative estimate of drug-likeness (QED) is 0.718. The molecule has 1 aliphatic heterocycles. The van der Waals surface area contributed by atoms with Crippen molar-refractivity contribution in [2.75, 3.05) is 6.54 Å². The van der Waals surface area contributed by atoms with Crippen molar-refractivity contribution in [2.24, 2.45) is 5.92 Å². The van der Waals surface area contributed by atoms with Gasteiger partial charge < -0.3 is 9.63 Å². The molecule has 130 valence electrons. The predicted molar refractivity (Wildman–Crippen MR) is 93.3 cm³/mol. The van der Waals surface area contributed by atoms with Gasteiger partial charge in [0.2, 0.25) is 0 Å². The van der Waals surface area contributed by atoms with E-state index >= 15 is 0 Å². The summed E-state index contributed by atoms with van der Waals surface area (Å²) in [5.41, 5.74) is 0.674. The summed E-state index contributed by atoms with van der Waals surface area (Å²) in [6.07, 6.45) is 6.31. The molecular formula is C18H21Cl2NO3. The van der Waals surface area contributed by atoms with Gasteiger partial charge in [-0.25, -0.2) is 4.79 Å². The molecule has 1 aromatic rings. The average Bonchev–Trinajstić information content (AvgIpc) is 3.11. The molecule has 0 bridgehead atoms. The third-order valence-electron chi connectivity index (χ3n) is 5.58. The average molecular weight is 370 g/mol. The van der Waals surface area contributed by atoms with Crippen molar-refractivity contribution in [1.29, 1.82) is 0 Å². The van der Waals surface area contributed by atoms with Crippen LogP contribution in [0.4, 0.5) is 0 Å². The number of carbonyl (C=O) groups is 2. The molecule has 0 spiro atoms. The van der Waals surface area contributed by atoms with E-state index in [9.17, 15) is 9.59 Å². The SMILES string of the molecule is CCC12CCCC1CCN2OC(=O)c1c(Cl)ccc(CC=O)c1Cl. The first kappa shape index (κ1) is 17.7. The van der Waals surface area contributed by atoms with Crippen molar-refractivity contribution in [2.45, 2.75) is 51.0 Å². The highest BCUT2D eigenvalue weighted by Gasteiger charge is 2.52. The lowest BCUT2D eigenvalue weighted by Gasteiger charge is -2.36. The maximum atomic E-state index is 12.7. The molecule has 24 heavy (non-hydrogen) atoms. The first-order chi connectivity index (χ1) is 11.5. The molecule has 1 saturated carbocycles. The number of hydrogen-bond donors (Lipinski definition) is 0. The van der Waals surface area contributed by atoms with Crippen LogP contribution in [-0.2, 0) is 16.1 Å². The number of hydrogen-bond acceptors (Lipinski definition) is 4. The molecule has 1 saturated heterocycles. The molecule has 1 heterocycles. The van der Waals surface area contributed by atoms with Gasteiger partial charge in [0.15, 0.2) is 0 Å². The van der Waals surface area contributed by atoms with Crippen molar-refractivity contribution >= 4 is 35.5 Å². The molecule has 6 heteroatoms. The minimum absolute atomic E-state index is 0.0466. The monoisotopic (exact) mass is 369 g/mol. The fraction of sp³-hybridized carbons (Fsp3) is 0.556. The zero-order valence-corrected chi connectivity index (χ0v) is 15.2. The molecule has 2 unspecified atom stereocenters. The second-order valence-electron chi connectivity index (χ2n) is 6.58. The Morgan fingerprint density at radius 3 is 2.92 bits per heavy atom. The van der Waals surface area contributed by atoms with E-state index < -0.39 is 5.97 Å². The lowest BCUT2D eigenvalue weighted by atomic mass is 9.86. The highest BCUT2D eigenvalue weighted by atomic mass is 35.5. The number of carbonyl (C=O) groups excluding carboxylic acids is 2. The van der Waals surface area contributed by atoms with E-state index in [2.05, 4.69) is 6.92 Å². The number of aldehydes is 1. The maximum absolute atomic E-state index is 12.7. The van der Waals surface area contributed by atoms with E-state index in [1.807, 2.05) is 5.06 Å². The normalized spacial score (nSPS) is 26.4. The van der Waals surface area contributed by atoms with E-state index in [0.717, 1.165) is 32.1 Å². The summed E-state index contributed by atoms with van der Waals surface area (Å²) in [6, 6.07) is 3.24. The smallest absolute Gasteiger partial charge is 0.360 e. The molecule has 1 aliphatic carbocycles. The fourth-order valence-electron chi connectivity index (χ4n) is 4.32. The van der Waals surface area contributed by atoms with Gasteiger partial charge in [0.25, 0.3) is 0 Å². The van der Waals surface area contributed by atoms with Crippen LogP contribution in [0.25, 0.3) is 0 Å². The Hall–Kier alpha value is -1.10. The number of fused-ring (bicyclic) bond motifs is 1. The summed E-state index contributed by atoms with van der Waals surface area (Å²) in [5, 5.41) is 2.30. The van der Waals surface area contributed by atoms with Gasteiger partial charge in [-0.05, 0) is 43.2 Å². The largest absolute Gasteiger partial charge is 0.363 e. The van der Waals surface area contributed by atoms with Crippen LogP contribution >= 0.6 is 23.2 Å². The summed E-state index contributed by atoms with van der Waals surface area (Å²) < 4.78 is 0. The zero-order chi connectivity index (χ0) is 17.3. The van der Waals surface area contributed by atoms with E-state index in [-0.39, 0.29) is 27.6 Å². The number of hydroxylamine groups is 2. The Labute approximate surface area is 152 Å². The summed E-state index contributed by atoms with van der Waals surface area (Å²) >= 11 is 12.5. The number of rotatable bonds is 5.